The van der Waals surface area contributed by atoms with E-state index in [0.717, 1.165) is 12.8 Å². The predicted molar refractivity (Wildman–Crippen MR) is 58.5 cm³/mol. The van der Waals surface area contributed by atoms with Gasteiger partial charge >= 0.3 is 5.97 Å². The summed E-state index contributed by atoms with van der Waals surface area (Å²) in [5, 5.41) is 0. The van der Waals surface area contributed by atoms with E-state index >= 15 is 0 Å². The Morgan fingerprint density at radius 1 is 1.67 bits per heavy atom. The Labute approximate surface area is 90.8 Å². The highest BCUT2D eigenvalue weighted by Crippen LogP contribution is 2.19. The van der Waals surface area contributed by atoms with Gasteiger partial charge in [0.2, 0.25) is 0 Å². The smallest absolute Gasteiger partial charge is 0.339 e. The Kier molecular flexibility index (Phi) is 4.56. The first-order chi connectivity index (χ1) is 7.19. The van der Waals surface area contributed by atoms with Crippen LogP contribution in [0.5, 0.6) is 0 Å². The van der Waals surface area contributed by atoms with E-state index in [2.05, 4.69) is 17.7 Å². The first-order valence-corrected chi connectivity index (χ1v) is 5.25. The molecule has 0 saturated carbocycles. The third-order valence-electron chi connectivity index (χ3n) is 2.44. The second-order valence-corrected chi connectivity index (χ2v) is 3.59. The number of hydrogen-bond acceptors (Lipinski definition) is 3. The summed E-state index contributed by atoms with van der Waals surface area (Å²) in [6.07, 6.45) is 7.13. The summed E-state index contributed by atoms with van der Waals surface area (Å²) in [6, 6.07) is 0. The van der Waals surface area contributed by atoms with Crippen molar-refractivity contribution in [3.63, 3.8) is 0 Å². The SMILES string of the molecule is CC/C=C(\C)[C@H]1CC=C[C@H](C(=O)OC)O1. The fourth-order valence-electron chi connectivity index (χ4n) is 1.60. The van der Waals surface area contributed by atoms with Crippen molar-refractivity contribution in [1.29, 1.82) is 0 Å². The van der Waals surface area contributed by atoms with Crippen LogP contribution < -0.4 is 0 Å². The lowest BCUT2D eigenvalue weighted by atomic mass is 10.0. The number of carbonyl (C=O) groups is 1. The molecule has 3 heteroatoms. The van der Waals surface area contributed by atoms with Crippen LogP contribution in [0.2, 0.25) is 0 Å². The molecule has 1 aliphatic rings. The third kappa shape index (κ3) is 3.20. The van der Waals surface area contributed by atoms with Gasteiger partial charge in [-0.15, -0.1) is 0 Å². The Balaban J connectivity index is 2.63. The van der Waals surface area contributed by atoms with E-state index in [4.69, 9.17) is 4.74 Å². The molecule has 0 spiro atoms. The van der Waals surface area contributed by atoms with Gasteiger partial charge in [0.15, 0.2) is 6.10 Å². The molecule has 2 atom stereocenters. The number of hydrogen-bond donors (Lipinski definition) is 0. The minimum absolute atomic E-state index is 0.0130. The maximum atomic E-state index is 11.3. The molecule has 0 aromatic heterocycles. The molecule has 0 saturated heterocycles. The summed E-state index contributed by atoms with van der Waals surface area (Å²) in [5.74, 6) is -0.333. The minimum atomic E-state index is -0.547. The molecule has 1 heterocycles. The Bertz CT molecular complexity index is 279. The van der Waals surface area contributed by atoms with Gasteiger partial charge in [-0.2, -0.15) is 0 Å². The minimum Gasteiger partial charge on any atom is -0.467 e. The van der Waals surface area contributed by atoms with E-state index in [1.807, 2.05) is 13.0 Å². The van der Waals surface area contributed by atoms with Gasteiger partial charge in [0.1, 0.15) is 0 Å². The van der Waals surface area contributed by atoms with Gasteiger partial charge in [0.05, 0.1) is 13.2 Å². The van der Waals surface area contributed by atoms with Gasteiger partial charge < -0.3 is 9.47 Å². The van der Waals surface area contributed by atoms with Crippen molar-refractivity contribution in [2.24, 2.45) is 0 Å². The second kappa shape index (κ2) is 5.71. The zero-order valence-electron chi connectivity index (χ0n) is 9.53. The van der Waals surface area contributed by atoms with Gasteiger partial charge in [-0.3, -0.25) is 0 Å². The molecule has 0 N–H and O–H groups in total. The van der Waals surface area contributed by atoms with Crippen LogP contribution in [0.1, 0.15) is 26.7 Å². The molecule has 0 fully saturated rings. The molecule has 0 aromatic carbocycles. The highest BCUT2D eigenvalue weighted by Gasteiger charge is 2.25. The van der Waals surface area contributed by atoms with Gasteiger partial charge in [-0.05, 0) is 31.4 Å². The highest BCUT2D eigenvalue weighted by molar-refractivity contribution is 5.77. The van der Waals surface area contributed by atoms with Gasteiger partial charge in [-0.1, -0.05) is 19.1 Å². The van der Waals surface area contributed by atoms with Crippen molar-refractivity contribution in [2.75, 3.05) is 7.11 Å². The van der Waals surface area contributed by atoms with Crippen molar-refractivity contribution >= 4 is 5.97 Å². The molecule has 1 aliphatic heterocycles. The predicted octanol–water partition coefficient (Wildman–Crippen LogP) is 2.23. The lowest BCUT2D eigenvalue weighted by Crippen LogP contribution is -2.32. The van der Waals surface area contributed by atoms with Crippen molar-refractivity contribution in [1.82, 2.24) is 0 Å². The van der Waals surface area contributed by atoms with Crippen LogP contribution in [0.25, 0.3) is 0 Å². The number of esters is 1. The molecule has 15 heavy (non-hydrogen) atoms. The van der Waals surface area contributed by atoms with Crippen LogP contribution in [0, 0.1) is 0 Å². The van der Waals surface area contributed by atoms with Crippen LogP contribution in [-0.2, 0) is 14.3 Å². The van der Waals surface area contributed by atoms with Gasteiger partial charge in [0.25, 0.3) is 0 Å². The maximum Gasteiger partial charge on any atom is 0.339 e. The molecule has 0 aromatic rings. The third-order valence-corrected chi connectivity index (χ3v) is 2.44. The summed E-state index contributed by atoms with van der Waals surface area (Å²) >= 11 is 0. The fourth-order valence-corrected chi connectivity index (χ4v) is 1.60. The zero-order chi connectivity index (χ0) is 11.3. The molecule has 0 bridgehead atoms. The summed E-state index contributed by atoms with van der Waals surface area (Å²) in [4.78, 5) is 11.3. The largest absolute Gasteiger partial charge is 0.467 e. The number of ether oxygens (including phenoxy) is 2. The molecule has 84 valence electrons. The number of allylic oxidation sites excluding steroid dienone is 1. The molecule has 0 aliphatic carbocycles. The van der Waals surface area contributed by atoms with Crippen molar-refractivity contribution in [2.45, 2.75) is 38.9 Å². The molecule has 0 radical (unpaired) electrons. The first-order valence-electron chi connectivity index (χ1n) is 5.25. The Morgan fingerprint density at radius 2 is 2.40 bits per heavy atom. The lowest BCUT2D eigenvalue weighted by molar-refractivity contribution is -0.153. The first kappa shape index (κ1) is 12.0. The van der Waals surface area contributed by atoms with E-state index in [1.165, 1.54) is 12.7 Å². The normalized spacial score (nSPS) is 26.5. The average Bonchev–Trinajstić information content (AvgIpc) is 2.28. The topological polar surface area (TPSA) is 35.5 Å². The van der Waals surface area contributed by atoms with E-state index in [0.29, 0.717) is 0 Å². The molecular weight excluding hydrogens is 192 g/mol. The van der Waals surface area contributed by atoms with Gasteiger partial charge in [0, 0.05) is 0 Å². The number of carbonyl (C=O) groups excluding carboxylic acids is 1. The van der Waals surface area contributed by atoms with E-state index in [1.54, 1.807) is 6.08 Å². The summed E-state index contributed by atoms with van der Waals surface area (Å²) in [5.41, 5.74) is 1.18. The summed E-state index contributed by atoms with van der Waals surface area (Å²) < 4.78 is 10.3. The molecule has 1 rings (SSSR count). The van der Waals surface area contributed by atoms with Crippen LogP contribution in [0.3, 0.4) is 0 Å². The van der Waals surface area contributed by atoms with Crippen LogP contribution in [-0.4, -0.2) is 25.3 Å². The van der Waals surface area contributed by atoms with Crippen molar-refractivity contribution < 1.29 is 14.3 Å². The van der Waals surface area contributed by atoms with Crippen LogP contribution in [0.4, 0.5) is 0 Å². The average molecular weight is 210 g/mol. The van der Waals surface area contributed by atoms with E-state index < -0.39 is 6.10 Å². The lowest BCUT2D eigenvalue weighted by Gasteiger charge is -2.25. The van der Waals surface area contributed by atoms with E-state index in [-0.39, 0.29) is 12.1 Å². The highest BCUT2D eigenvalue weighted by atomic mass is 16.6. The second-order valence-electron chi connectivity index (χ2n) is 3.59. The van der Waals surface area contributed by atoms with Gasteiger partial charge in [-0.25, -0.2) is 4.79 Å². The molecule has 0 unspecified atom stereocenters. The quantitative estimate of drug-likeness (QED) is 0.529. The fraction of sp³-hybridized carbons (Fsp3) is 0.583. The summed E-state index contributed by atoms with van der Waals surface area (Å²) in [7, 11) is 1.37. The van der Waals surface area contributed by atoms with E-state index in [9.17, 15) is 4.79 Å². The maximum absolute atomic E-state index is 11.3. The molecule has 0 amide bonds. The standard InChI is InChI=1S/C12H18O3/c1-4-6-9(2)10-7-5-8-11(15-10)12(13)14-3/h5-6,8,10-11H,4,7H2,1-3H3/b9-6+/t10-,11-/m1/s1. The van der Waals surface area contributed by atoms with Crippen LogP contribution >= 0.6 is 0 Å². The van der Waals surface area contributed by atoms with Crippen molar-refractivity contribution in [3.8, 4) is 0 Å². The molecule has 3 nitrogen and oxygen atoms in total. The zero-order valence-corrected chi connectivity index (χ0v) is 9.53. The number of methoxy groups -OCH3 is 1. The number of rotatable bonds is 3. The Hall–Kier alpha value is -1.09. The van der Waals surface area contributed by atoms with Crippen molar-refractivity contribution in [3.05, 3.63) is 23.8 Å². The monoisotopic (exact) mass is 210 g/mol. The van der Waals surface area contributed by atoms with Crippen LogP contribution in [0.15, 0.2) is 23.8 Å². The Morgan fingerprint density at radius 3 is 3.00 bits per heavy atom. The molecular formula is C12H18O3. The summed E-state index contributed by atoms with van der Waals surface area (Å²) in [6.45, 7) is 4.11.